The molecular weight excluding hydrogens is 358 g/mol. The van der Waals surface area contributed by atoms with Crippen molar-refractivity contribution < 1.29 is 23.6 Å². The zero-order valence-electron chi connectivity index (χ0n) is 13.9. The average Bonchev–Trinajstić information content (AvgIpc) is 3.03. The second-order valence-electron chi connectivity index (χ2n) is 5.25. The maximum absolute atomic E-state index is 11.4. The summed E-state index contributed by atoms with van der Waals surface area (Å²) in [4.78, 5) is 22.6. The van der Waals surface area contributed by atoms with Crippen LogP contribution in [-0.2, 0) is 9.59 Å². The van der Waals surface area contributed by atoms with Gasteiger partial charge in [0.1, 0.15) is 0 Å². The second-order valence-corrected chi connectivity index (χ2v) is 6.79. The first-order valence-corrected chi connectivity index (χ1v) is 9.62. The van der Waals surface area contributed by atoms with E-state index in [0.717, 1.165) is 16.1 Å². The summed E-state index contributed by atoms with van der Waals surface area (Å²) < 4.78 is 12.4. The van der Waals surface area contributed by atoms with E-state index in [1.165, 1.54) is 19.2 Å². The van der Waals surface area contributed by atoms with Gasteiger partial charge in [0.2, 0.25) is 5.69 Å². The maximum Gasteiger partial charge on any atom is 0.308 e. The lowest BCUT2D eigenvalue weighted by Crippen LogP contribution is -2.32. The summed E-state index contributed by atoms with van der Waals surface area (Å²) in [5.74, 6) is -0.522. The van der Waals surface area contributed by atoms with Crippen LogP contribution in [0, 0.1) is 0 Å². The van der Waals surface area contributed by atoms with Gasteiger partial charge in [-0.15, -0.1) is 0 Å². The predicted molar refractivity (Wildman–Crippen MR) is 97.8 cm³/mol. The lowest BCUT2D eigenvalue weighted by atomic mass is 10.2. The number of aromatic nitrogens is 1. The molecule has 0 bridgehead atoms. The van der Waals surface area contributed by atoms with Crippen molar-refractivity contribution in [1.82, 2.24) is 0 Å². The van der Waals surface area contributed by atoms with Crippen LogP contribution in [0.5, 0.6) is 11.5 Å². The normalized spacial score (nSPS) is 10.7. The van der Waals surface area contributed by atoms with E-state index >= 15 is 0 Å². The molecule has 0 spiro atoms. The van der Waals surface area contributed by atoms with Crippen LogP contribution >= 0.6 is 23.1 Å². The number of carbonyl (C=O) groups is 2. The number of thiophene rings is 1. The smallest absolute Gasteiger partial charge is 0.308 e. The van der Waals surface area contributed by atoms with E-state index in [9.17, 15) is 9.59 Å². The Balaban J connectivity index is 2.14. The van der Waals surface area contributed by atoms with Crippen LogP contribution in [0.3, 0.4) is 0 Å². The maximum atomic E-state index is 11.4. The highest BCUT2D eigenvalue weighted by Crippen LogP contribution is 2.31. The van der Waals surface area contributed by atoms with Gasteiger partial charge in [0.25, 0.3) is 5.03 Å². The minimum absolute atomic E-state index is 0.213. The fourth-order valence-corrected chi connectivity index (χ4v) is 4.13. The lowest BCUT2D eigenvalue weighted by Gasteiger charge is -2.09. The van der Waals surface area contributed by atoms with E-state index in [2.05, 4.69) is 10.8 Å². The van der Waals surface area contributed by atoms with Crippen LogP contribution in [0.1, 0.15) is 13.8 Å². The molecule has 0 aliphatic heterocycles. The number of hydrogen-bond acceptors (Lipinski definition) is 6. The van der Waals surface area contributed by atoms with E-state index in [1.54, 1.807) is 35.2 Å². The minimum atomic E-state index is -0.478. The first-order valence-electron chi connectivity index (χ1n) is 7.45. The van der Waals surface area contributed by atoms with Crippen molar-refractivity contribution in [3.63, 3.8) is 0 Å². The number of esters is 2. The van der Waals surface area contributed by atoms with Gasteiger partial charge in [0, 0.05) is 36.7 Å². The van der Waals surface area contributed by atoms with Gasteiger partial charge >= 0.3 is 11.9 Å². The molecule has 25 heavy (non-hydrogen) atoms. The Morgan fingerprint density at radius 1 is 1.04 bits per heavy atom. The van der Waals surface area contributed by atoms with Gasteiger partial charge in [-0.3, -0.25) is 9.59 Å². The van der Waals surface area contributed by atoms with E-state index < -0.39 is 11.9 Å². The summed E-state index contributed by atoms with van der Waals surface area (Å²) in [6, 6.07) is 7.18. The molecule has 0 saturated carbocycles. The third-order valence-electron chi connectivity index (χ3n) is 3.45. The number of carbonyl (C=O) groups excluding carboxylic acids is 2. The molecular formula is C18H16NO4S2+. The van der Waals surface area contributed by atoms with Crippen LogP contribution in [0.2, 0.25) is 0 Å². The summed E-state index contributed by atoms with van der Waals surface area (Å²) in [5.41, 5.74) is 0.810. The fraction of sp³-hybridized carbons (Fsp3) is 0.167. The Labute approximate surface area is 153 Å². The van der Waals surface area contributed by atoms with Gasteiger partial charge in [0.15, 0.2) is 17.7 Å². The molecule has 0 unspecified atom stereocenters. The van der Waals surface area contributed by atoms with E-state index in [0.29, 0.717) is 0 Å². The summed E-state index contributed by atoms with van der Waals surface area (Å²) in [6.07, 6.45) is 3.99. The highest BCUT2D eigenvalue weighted by molar-refractivity contribution is 7.98. The second kappa shape index (κ2) is 7.25. The molecule has 0 aliphatic carbocycles. The van der Waals surface area contributed by atoms with E-state index in [1.807, 2.05) is 29.2 Å². The van der Waals surface area contributed by atoms with Crippen LogP contribution < -0.4 is 14.0 Å². The molecule has 0 amide bonds. The molecule has 0 fully saturated rings. The summed E-state index contributed by atoms with van der Waals surface area (Å²) in [7, 11) is 0. The van der Waals surface area contributed by atoms with Crippen LogP contribution in [0.15, 0.2) is 46.2 Å². The molecule has 3 aromatic rings. The van der Waals surface area contributed by atoms with Crippen molar-refractivity contribution in [3.05, 3.63) is 41.2 Å². The number of benzene rings is 1. The largest absolute Gasteiger partial charge is 0.423 e. The van der Waals surface area contributed by atoms with Crippen molar-refractivity contribution in [2.75, 3.05) is 6.26 Å². The molecule has 0 atom stereocenters. The monoisotopic (exact) mass is 374 g/mol. The van der Waals surface area contributed by atoms with Crippen molar-refractivity contribution >= 4 is 45.8 Å². The Bertz CT molecular complexity index is 965. The molecule has 1 aromatic carbocycles. The molecule has 7 heteroatoms. The van der Waals surface area contributed by atoms with Crippen molar-refractivity contribution in [1.29, 1.82) is 0 Å². The minimum Gasteiger partial charge on any atom is -0.423 e. The quantitative estimate of drug-likeness (QED) is 0.301. The van der Waals surface area contributed by atoms with Gasteiger partial charge in [-0.1, -0.05) is 11.8 Å². The Hall–Kier alpha value is -2.38. The van der Waals surface area contributed by atoms with Gasteiger partial charge in [0.05, 0.1) is 11.5 Å². The standard InChI is InChI=1S/C18H16NO4S2/c1-11(20)22-16-5-4-14(8-17(16)23-12(2)21)19-7-6-13-9-25-10-15(13)18(19)24-3/h4-10H,1-3H3/q+1. The van der Waals surface area contributed by atoms with Crippen LogP contribution in [-0.4, -0.2) is 18.2 Å². The Morgan fingerprint density at radius 2 is 1.76 bits per heavy atom. The van der Waals surface area contributed by atoms with Crippen molar-refractivity contribution in [2.24, 2.45) is 0 Å². The number of fused-ring (bicyclic) bond motifs is 1. The molecule has 3 rings (SSSR count). The van der Waals surface area contributed by atoms with Gasteiger partial charge in [-0.25, -0.2) is 0 Å². The van der Waals surface area contributed by atoms with Gasteiger partial charge in [-0.05, 0) is 17.7 Å². The third kappa shape index (κ3) is 3.67. The Morgan fingerprint density at radius 3 is 2.44 bits per heavy atom. The molecule has 2 aromatic heterocycles. The SMILES string of the molecule is CSc1c2cscc2cc[n+]1-c1ccc(OC(C)=O)c(OC(C)=O)c1. The summed E-state index contributed by atoms with van der Waals surface area (Å²) >= 11 is 3.29. The fourth-order valence-electron chi connectivity index (χ4n) is 2.49. The van der Waals surface area contributed by atoms with Crippen LogP contribution in [0.25, 0.3) is 16.5 Å². The van der Waals surface area contributed by atoms with Gasteiger partial charge < -0.3 is 9.47 Å². The molecule has 0 radical (unpaired) electrons. The molecule has 0 saturated heterocycles. The number of nitrogens with zero attached hydrogens (tertiary/aromatic N) is 1. The van der Waals surface area contributed by atoms with Crippen molar-refractivity contribution in [3.8, 4) is 17.2 Å². The topological polar surface area (TPSA) is 56.5 Å². The van der Waals surface area contributed by atoms with E-state index in [-0.39, 0.29) is 11.5 Å². The highest BCUT2D eigenvalue weighted by atomic mass is 32.2. The Kier molecular flexibility index (Phi) is 5.06. The first kappa shape index (κ1) is 17.4. The number of hydrogen-bond donors (Lipinski definition) is 0. The molecule has 0 N–H and O–H groups in total. The first-order chi connectivity index (χ1) is 12.0. The van der Waals surface area contributed by atoms with Crippen molar-refractivity contribution in [2.45, 2.75) is 18.9 Å². The predicted octanol–water partition coefficient (Wildman–Crippen LogP) is 3.75. The average molecular weight is 374 g/mol. The number of pyridine rings is 1. The zero-order chi connectivity index (χ0) is 18.0. The van der Waals surface area contributed by atoms with E-state index in [4.69, 9.17) is 9.47 Å². The number of thioether (sulfide) groups is 1. The number of rotatable bonds is 4. The third-order valence-corrected chi connectivity index (χ3v) is 5.02. The summed E-state index contributed by atoms with van der Waals surface area (Å²) in [5, 5.41) is 7.64. The molecule has 128 valence electrons. The summed E-state index contributed by atoms with van der Waals surface area (Å²) in [6.45, 7) is 2.61. The molecule has 0 aliphatic rings. The molecule has 5 nitrogen and oxygen atoms in total. The highest BCUT2D eigenvalue weighted by Gasteiger charge is 2.21. The van der Waals surface area contributed by atoms with Crippen LogP contribution in [0.4, 0.5) is 0 Å². The zero-order valence-corrected chi connectivity index (χ0v) is 15.6. The van der Waals surface area contributed by atoms with Gasteiger partial charge in [-0.2, -0.15) is 15.9 Å². The molecule has 2 heterocycles. The number of ether oxygens (including phenoxy) is 2. The lowest BCUT2D eigenvalue weighted by molar-refractivity contribution is -0.633.